The molecule has 3 aliphatic heterocycles. The van der Waals surface area contributed by atoms with Crippen LogP contribution in [-0.4, -0.2) is 168 Å². The number of rotatable bonds is 24. The first-order valence-electron chi connectivity index (χ1n) is 30.4. The van der Waals surface area contributed by atoms with Gasteiger partial charge in [-0.3, -0.25) is 29.3 Å². The minimum absolute atomic E-state index is 0.0528. The van der Waals surface area contributed by atoms with Gasteiger partial charge in [-0.1, -0.05) is 78.7 Å². The van der Waals surface area contributed by atoms with Gasteiger partial charge in [-0.25, -0.2) is 24.2 Å². The summed E-state index contributed by atoms with van der Waals surface area (Å²) in [5, 5.41) is 26.1. The number of alkyl halides is 1. The molecule has 4 heterocycles. The zero-order valence-electron chi connectivity index (χ0n) is 54.2. The van der Waals surface area contributed by atoms with E-state index in [2.05, 4.69) is 54.1 Å². The number of urea groups is 1. The first-order valence-corrected chi connectivity index (χ1v) is 31.9. The number of esters is 2. The third-order valence-electron chi connectivity index (χ3n) is 16.8. The number of epoxide rings is 1. The zero-order chi connectivity index (χ0) is 68.2. The number of hydrogen-bond acceptors (Lipinski definition) is 17. The number of aliphatic hydroxyl groups is 1. The molecular weight excluding hydrogens is 1280 g/mol. The number of likely N-dealkylation sites (N-methyl/N-ethyl adjacent to an activating group) is 1. The van der Waals surface area contributed by atoms with E-state index in [0.717, 1.165) is 11.1 Å². The van der Waals surface area contributed by atoms with E-state index in [1.807, 2.05) is 13.0 Å². The maximum Gasteiger partial charge on any atom is 0.409 e. The molecule has 6 rings (SSSR count). The highest BCUT2D eigenvalue weighted by Gasteiger charge is 2.64. The third-order valence-corrected chi connectivity index (χ3v) is 17.8. The third kappa shape index (κ3) is 19.0. The summed E-state index contributed by atoms with van der Waals surface area (Å²) in [4.78, 5) is 128. The Labute approximate surface area is 549 Å². The first kappa shape index (κ1) is 73.4. The van der Waals surface area contributed by atoms with Crippen molar-refractivity contribution in [3.63, 3.8) is 0 Å². The summed E-state index contributed by atoms with van der Waals surface area (Å²) in [7, 11) is 5.81. The van der Waals surface area contributed by atoms with E-state index in [1.54, 1.807) is 84.0 Å². The second-order valence-electron chi connectivity index (χ2n) is 24.8. The lowest BCUT2D eigenvalue weighted by molar-refractivity contribution is -0.158. The molecule has 92 heavy (non-hydrogen) atoms. The van der Waals surface area contributed by atoms with Gasteiger partial charge in [-0.2, -0.15) is 0 Å². The van der Waals surface area contributed by atoms with Gasteiger partial charge in [0.1, 0.15) is 64.2 Å². The van der Waals surface area contributed by atoms with Crippen LogP contribution in [0.2, 0.25) is 5.02 Å². The number of unbranched alkanes of at least 4 members (excludes halogenated alkanes) is 1. The number of methoxy groups -OCH3 is 2. The number of anilines is 2. The van der Waals surface area contributed by atoms with Gasteiger partial charge in [0, 0.05) is 68.4 Å². The molecule has 3 aromatic rings. The van der Waals surface area contributed by atoms with E-state index < -0.39 is 125 Å². The average Bonchev–Trinajstić information content (AvgIpc) is 1.57. The van der Waals surface area contributed by atoms with Crippen LogP contribution in [0.5, 0.6) is 5.75 Å². The van der Waals surface area contributed by atoms with Crippen LogP contribution >= 0.6 is 27.5 Å². The normalized spacial score (nSPS) is 23.5. The quantitative estimate of drug-likeness (QED) is 0.0116. The Bertz CT molecular complexity index is 3340. The number of hydrogen-bond donors (Lipinski definition) is 7. The van der Waals surface area contributed by atoms with E-state index in [4.69, 9.17) is 45.8 Å². The molecule has 1 aromatic heterocycles. The van der Waals surface area contributed by atoms with Crippen molar-refractivity contribution < 1.29 is 76.7 Å². The number of nitrogens with zero attached hydrogens (tertiary/aromatic N) is 3. The lowest BCUT2D eigenvalue weighted by Crippen LogP contribution is -2.63. The van der Waals surface area contributed by atoms with Crippen LogP contribution in [0.15, 0.2) is 78.4 Å². The lowest BCUT2D eigenvalue weighted by Gasteiger charge is -2.42. The molecule has 0 aliphatic carbocycles. The second kappa shape index (κ2) is 31.8. The number of alkyl carbamates (subject to hydrolysis) is 1. The second-order valence-corrected chi connectivity index (χ2v) is 25.7. The van der Waals surface area contributed by atoms with Crippen LogP contribution in [0.25, 0.3) is 10.9 Å². The Morgan fingerprint density at radius 1 is 1.03 bits per heavy atom. The Kier molecular flexibility index (Phi) is 25.4. The maximum atomic E-state index is 14.5. The molecule has 8 N–H and O–H groups in total. The number of nitrogens with one attached hydrogen (secondary N) is 5. The number of nitrogens with two attached hydrogens (primary N) is 1. The van der Waals surface area contributed by atoms with Gasteiger partial charge < -0.3 is 70.3 Å². The van der Waals surface area contributed by atoms with Gasteiger partial charge in [0.25, 0.3) is 5.91 Å². The summed E-state index contributed by atoms with van der Waals surface area (Å²) in [6, 6.07) is 7.05. The number of amides is 8. The van der Waals surface area contributed by atoms with Crippen molar-refractivity contribution in [2.45, 2.75) is 173 Å². The number of pyridine rings is 1. The predicted octanol–water partition coefficient (Wildman–Crippen LogP) is 7.22. The van der Waals surface area contributed by atoms with Crippen molar-refractivity contribution in [1.29, 1.82) is 0 Å². The largest absolute Gasteiger partial charge is 0.495 e. The molecule has 8 amide bonds. The smallest absolute Gasteiger partial charge is 0.409 e. The van der Waals surface area contributed by atoms with Crippen molar-refractivity contribution in [2.75, 3.05) is 50.4 Å². The molecule has 0 unspecified atom stereocenters. The number of carbonyl (C=O) groups is 9. The number of fused-ring (bicyclic) bond motifs is 6. The summed E-state index contributed by atoms with van der Waals surface area (Å²) in [6.45, 7) is 17.6. The van der Waals surface area contributed by atoms with Gasteiger partial charge in [0.05, 0.1) is 30.8 Å². The SMILES string of the molecule is C=C(CBr)C(=O)OC(C)(C)CCCCC(=O)N[C@H](C(=O)N[C@@H](CCCNC(N)=O)C(=O)Nc1ccc2cc(C(=O)N(C)[C@@H](C)C(=O)O[C@H]3CC(=O)N(C)c4cc(cc(OC)c4Cl)C/C(C)=C/C=C/[C@@H](OC)[C@@]4(O)C[C@H](OC(=O)N4)[C@@H](C)[C@@H]4O[C@@]34C)ccc2n1)C(C)C. The number of allylic oxidation sites excluding steroid dienone is 3. The standard InChI is InChI=1S/C65H87BrClN9O16/c1-35(2)54(73-51(77)21-14-15-26-63(7,8)92-59(82)37(4)34-66)57(80)71-44(19-17-27-69-61(68)84)56(79)72-50-25-23-41-31-42(22-24-43(41)70-50)58(81)75(10)39(6)60(83)90-49-32-52(78)76(11)45-29-40(30-46(87-12)53(45)67)28-36(3)18-16-20-48(88-13)65(86)33-47(89-62(85)74-65)38(5)55-64(49,9)91-55/h16,18,20,22-25,29-31,35,38-39,44,47-49,54-55,86H,4,14-15,17,19,21,26-28,32-34H2,1-3,5-13H3,(H,71,80)(H,73,77)(H,74,85)(H3,68,69,84)(H,70,72,79)/b20-16+,36-18+/t38-,39+,44+,47+,48-,49+,54+,55+,64+,65+/m1/s1. The average molecular weight is 1370 g/mol. The first-order chi connectivity index (χ1) is 43.2. The van der Waals surface area contributed by atoms with Crippen molar-refractivity contribution in [2.24, 2.45) is 17.6 Å². The van der Waals surface area contributed by atoms with E-state index in [0.29, 0.717) is 48.0 Å². The number of carbonyl (C=O) groups excluding carboxylic acids is 9. The monoisotopic (exact) mass is 1360 g/mol. The summed E-state index contributed by atoms with van der Waals surface area (Å²) in [5.41, 5.74) is 3.95. The van der Waals surface area contributed by atoms with Crippen molar-refractivity contribution >= 4 is 104 Å². The van der Waals surface area contributed by atoms with Gasteiger partial charge in [0.15, 0.2) is 5.72 Å². The fourth-order valence-corrected chi connectivity index (χ4v) is 11.6. The minimum atomic E-state index is -1.91. The Morgan fingerprint density at radius 2 is 1.75 bits per heavy atom. The molecule has 2 fully saturated rings. The fourth-order valence-electron chi connectivity index (χ4n) is 11.0. The Hall–Kier alpha value is -7.65. The number of aromatic nitrogens is 1. The Morgan fingerprint density at radius 3 is 2.41 bits per heavy atom. The van der Waals surface area contributed by atoms with E-state index >= 15 is 0 Å². The number of primary amides is 1. The topological polar surface area (TPSA) is 338 Å². The number of ether oxygens (including phenoxy) is 6. The van der Waals surface area contributed by atoms with Crippen LogP contribution in [0, 0.1) is 11.8 Å². The van der Waals surface area contributed by atoms with Crippen LogP contribution in [0.1, 0.15) is 123 Å². The van der Waals surface area contributed by atoms with Crippen LogP contribution in [-0.2, 0) is 58.9 Å². The summed E-state index contributed by atoms with van der Waals surface area (Å²) in [5.74, 6) is -4.76. The van der Waals surface area contributed by atoms with Crippen LogP contribution in [0.3, 0.4) is 0 Å². The predicted molar refractivity (Wildman–Crippen MR) is 348 cm³/mol. The molecule has 502 valence electrons. The van der Waals surface area contributed by atoms with E-state index in [1.165, 1.54) is 57.2 Å². The molecule has 0 saturated carbocycles. The van der Waals surface area contributed by atoms with Crippen LogP contribution < -0.4 is 42.0 Å². The molecule has 2 saturated heterocycles. The van der Waals surface area contributed by atoms with E-state index in [9.17, 15) is 48.3 Å². The molecular formula is C65H87BrClN9O16. The lowest BCUT2D eigenvalue weighted by atomic mass is 9.83. The van der Waals surface area contributed by atoms with Crippen molar-refractivity contribution in [1.82, 2.24) is 31.2 Å². The molecule has 0 radical (unpaired) electrons. The fraction of sp³-hybridized carbons (Fsp3) is 0.538. The molecule has 25 nitrogen and oxygen atoms in total. The minimum Gasteiger partial charge on any atom is -0.495 e. The highest BCUT2D eigenvalue weighted by atomic mass is 79.9. The molecule has 27 heteroatoms. The molecule has 10 atom stereocenters. The summed E-state index contributed by atoms with van der Waals surface area (Å²) < 4.78 is 35.2. The molecule has 4 bridgehead atoms. The molecule has 3 aliphatic rings. The van der Waals surface area contributed by atoms with Crippen molar-refractivity contribution in [3.05, 3.63) is 94.6 Å². The molecule has 0 spiro atoms. The number of benzene rings is 2. The van der Waals surface area contributed by atoms with Crippen LogP contribution in [0.4, 0.5) is 21.1 Å². The van der Waals surface area contributed by atoms with Gasteiger partial charge in [-0.15, -0.1) is 0 Å². The molecule has 2 aromatic carbocycles. The van der Waals surface area contributed by atoms with Gasteiger partial charge in [0.2, 0.25) is 23.6 Å². The maximum absolute atomic E-state index is 14.5. The van der Waals surface area contributed by atoms with Gasteiger partial charge >= 0.3 is 24.1 Å². The highest BCUT2D eigenvalue weighted by Crippen LogP contribution is 2.49. The van der Waals surface area contributed by atoms with E-state index in [-0.39, 0.29) is 65.4 Å². The summed E-state index contributed by atoms with van der Waals surface area (Å²) >= 11 is 10.1. The zero-order valence-corrected chi connectivity index (χ0v) is 56.5. The highest BCUT2D eigenvalue weighted by molar-refractivity contribution is 9.09. The van der Waals surface area contributed by atoms with Crippen molar-refractivity contribution in [3.8, 4) is 5.75 Å². The Balaban J connectivity index is 1.16. The number of halogens is 2. The summed E-state index contributed by atoms with van der Waals surface area (Å²) in [6.07, 6.45) is 1.92. The van der Waals surface area contributed by atoms with Gasteiger partial charge in [-0.05, 0) is 127 Å².